The molecule has 296 valence electrons. The van der Waals surface area contributed by atoms with Crippen molar-refractivity contribution in [3.8, 4) is 5.75 Å². The standard InChI is InChI=1S/C44H63ClN4O4S/c1-8-21-49-23-22-47(27-42(49,4)5)29-44(52-6)20-9-11-31(2)32(3)54(7,51)46-41(50)34-14-18-40-39(25-34)48(26-35-13-16-38(35)44)28-43(30-53-40)19-10-12-33-24-36(45)15-17-37(33)43/h9,14-15,17-18,20,24-25,31-32,35,38H,7-8,10-13,16,19,21-23,26-30H2,1-6H3,(H,46,50,51)/b20-9+/t31-,32+,35-,38+,43-,44+,54?/m0/s1. The Kier molecular flexibility index (Phi) is 11.3. The molecule has 7 atom stereocenters. The maximum absolute atomic E-state index is 14.1. The largest absolute Gasteiger partial charge is 0.490 e. The summed E-state index contributed by atoms with van der Waals surface area (Å²) >= 11 is 6.53. The van der Waals surface area contributed by atoms with Gasteiger partial charge in [0, 0.05) is 73.2 Å². The number of amides is 1. The summed E-state index contributed by atoms with van der Waals surface area (Å²) in [6.07, 6.45) is 11.8. The van der Waals surface area contributed by atoms with Gasteiger partial charge in [0.05, 0.1) is 22.0 Å². The molecule has 54 heavy (non-hydrogen) atoms. The number of fused-ring (bicyclic) bond motifs is 4. The van der Waals surface area contributed by atoms with E-state index < -0.39 is 15.3 Å². The molecule has 2 bridgehead atoms. The summed E-state index contributed by atoms with van der Waals surface area (Å²) in [4.78, 5) is 21.6. The van der Waals surface area contributed by atoms with E-state index in [0.29, 0.717) is 24.0 Å². The maximum atomic E-state index is 14.1. The molecule has 3 aliphatic heterocycles. The molecule has 0 radical (unpaired) electrons. The van der Waals surface area contributed by atoms with Gasteiger partial charge in [0.2, 0.25) is 0 Å². The second-order valence-corrected chi connectivity index (χ2v) is 20.7. The summed E-state index contributed by atoms with van der Waals surface area (Å²) in [6.45, 7) is 18.2. The van der Waals surface area contributed by atoms with Crippen LogP contribution in [0.15, 0.2) is 48.6 Å². The highest BCUT2D eigenvalue weighted by atomic mass is 35.5. The fourth-order valence-electron chi connectivity index (χ4n) is 10.4. The predicted octanol–water partition coefficient (Wildman–Crippen LogP) is 7.38. The number of allylic oxidation sites excluding steroid dienone is 1. The Bertz CT molecular complexity index is 1850. The van der Waals surface area contributed by atoms with Crippen molar-refractivity contribution in [3.63, 3.8) is 0 Å². The molecule has 2 fully saturated rings. The van der Waals surface area contributed by atoms with Crippen molar-refractivity contribution in [2.75, 3.05) is 64.4 Å². The third-order valence-electron chi connectivity index (χ3n) is 13.9. The van der Waals surface area contributed by atoms with E-state index in [0.717, 1.165) is 107 Å². The third kappa shape index (κ3) is 7.61. The van der Waals surface area contributed by atoms with Gasteiger partial charge in [-0.3, -0.25) is 19.3 Å². The zero-order chi connectivity index (χ0) is 38.5. The number of ether oxygens (including phenoxy) is 2. The lowest BCUT2D eigenvalue weighted by molar-refractivity contribution is -0.104. The van der Waals surface area contributed by atoms with Crippen LogP contribution in [0.5, 0.6) is 5.75 Å². The number of anilines is 1. The summed E-state index contributed by atoms with van der Waals surface area (Å²) in [5.41, 5.74) is 3.38. The van der Waals surface area contributed by atoms with Crippen LogP contribution in [0.4, 0.5) is 5.69 Å². The molecular weight excluding hydrogens is 716 g/mol. The molecular formula is C44H63ClN4O4S. The number of rotatable bonds is 5. The lowest BCUT2D eigenvalue weighted by Gasteiger charge is -2.54. The Labute approximate surface area is 330 Å². The normalized spacial score (nSPS) is 35.2. The van der Waals surface area contributed by atoms with Gasteiger partial charge in [-0.25, -0.2) is 4.21 Å². The second kappa shape index (κ2) is 15.4. The van der Waals surface area contributed by atoms with Crippen LogP contribution in [-0.2, 0) is 26.3 Å². The van der Waals surface area contributed by atoms with Crippen molar-refractivity contribution in [1.82, 2.24) is 14.5 Å². The molecule has 8 nitrogen and oxygen atoms in total. The van der Waals surface area contributed by atoms with E-state index in [1.54, 1.807) is 6.07 Å². The Morgan fingerprint density at radius 1 is 1.11 bits per heavy atom. The number of nitrogens with zero attached hydrogens (tertiary/aromatic N) is 3. The van der Waals surface area contributed by atoms with Crippen molar-refractivity contribution in [2.24, 2.45) is 17.8 Å². The summed E-state index contributed by atoms with van der Waals surface area (Å²) in [6, 6.07) is 12.1. The first-order valence-corrected chi connectivity index (χ1v) is 22.6. The summed E-state index contributed by atoms with van der Waals surface area (Å²) < 4.78 is 30.5. The SMILES string of the molecule is C=S1(=O)NC(=O)c2ccc3c(c2)N(C[C@@H]2CC[C@H]2[C@@](CN2CCN(CCC)C(C)(C)C2)(OC)/C=C/C[C@H](C)[C@H]1C)C[C@@]1(CCCc2cc(Cl)ccc21)CO3. The molecule has 1 saturated carbocycles. The Morgan fingerprint density at radius 3 is 2.65 bits per heavy atom. The molecule has 1 saturated heterocycles. The van der Waals surface area contributed by atoms with Gasteiger partial charge in [-0.15, -0.1) is 0 Å². The van der Waals surface area contributed by atoms with Crippen LogP contribution >= 0.6 is 11.6 Å². The molecule has 0 aromatic heterocycles. The van der Waals surface area contributed by atoms with Crippen molar-refractivity contribution in [3.05, 3.63) is 70.3 Å². The number of nitrogens with one attached hydrogen (secondary N) is 1. The molecule has 1 spiro atoms. The third-order valence-corrected chi connectivity index (χ3v) is 16.3. The number of carbonyl (C=O) groups excluding carboxylic acids is 1. The second-order valence-electron chi connectivity index (χ2n) is 17.9. The number of piperazine rings is 1. The van der Waals surface area contributed by atoms with E-state index >= 15 is 0 Å². The highest BCUT2D eigenvalue weighted by Crippen LogP contribution is 2.49. The molecule has 7 rings (SSSR count). The summed E-state index contributed by atoms with van der Waals surface area (Å²) in [5.74, 6) is 5.22. The topological polar surface area (TPSA) is 74.4 Å². The van der Waals surface area contributed by atoms with Crippen LogP contribution in [0.3, 0.4) is 0 Å². The molecule has 5 aliphatic rings. The molecule has 10 heteroatoms. The molecule has 1 unspecified atom stereocenters. The Morgan fingerprint density at radius 2 is 1.93 bits per heavy atom. The van der Waals surface area contributed by atoms with Crippen LogP contribution in [0.25, 0.3) is 0 Å². The van der Waals surface area contributed by atoms with E-state index in [4.69, 9.17) is 21.1 Å². The highest BCUT2D eigenvalue weighted by Gasteiger charge is 2.50. The molecule has 2 aromatic rings. The van der Waals surface area contributed by atoms with E-state index in [2.05, 4.69) is 77.3 Å². The van der Waals surface area contributed by atoms with Gasteiger partial charge in [-0.2, -0.15) is 0 Å². The van der Waals surface area contributed by atoms with Crippen molar-refractivity contribution in [1.29, 1.82) is 0 Å². The fourth-order valence-corrected chi connectivity index (χ4v) is 12.0. The zero-order valence-electron chi connectivity index (χ0n) is 33.5. The monoisotopic (exact) mass is 778 g/mol. The summed E-state index contributed by atoms with van der Waals surface area (Å²) in [5, 5.41) is 0.437. The number of halogens is 1. The minimum atomic E-state index is -2.96. The average Bonchev–Trinajstić information content (AvgIpc) is 3.26. The molecule has 1 amide bonds. The fraction of sp³-hybridized carbons (Fsp3) is 0.636. The van der Waals surface area contributed by atoms with Crippen LogP contribution in [0.2, 0.25) is 5.02 Å². The van der Waals surface area contributed by atoms with Gasteiger partial charge in [-0.1, -0.05) is 43.7 Å². The van der Waals surface area contributed by atoms with Crippen LogP contribution < -0.4 is 14.4 Å². The molecule has 3 heterocycles. The number of hydrogen-bond donors (Lipinski definition) is 1. The Balaban J connectivity index is 1.29. The van der Waals surface area contributed by atoms with Gasteiger partial charge in [0.25, 0.3) is 5.91 Å². The predicted molar refractivity (Wildman–Crippen MR) is 224 cm³/mol. The van der Waals surface area contributed by atoms with Crippen molar-refractivity contribution in [2.45, 2.75) is 101 Å². The average molecular weight is 780 g/mol. The van der Waals surface area contributed by atoms with Crippen LogP contribution in [0.1, 0.15) is 94.6 Å². The van der Waals surface area contributed by atoms with Crippen molar-refractivity contribution >= 4 is 38.8 Å². The smallest absolute Gasteiger partial charge is 0.262 e. The quantitative estimate of drug-likeness (QED) is 0.251. The van der Waals surface area contributed by atoms with Crippen LogP contribution in [0, 0.1) is 17.8 Å². The van der Waals surface area contributed by atoms with Gasteiger partial charge < -0.3 is 14.4 Å². The van der Waals surface area contributed by atoms with Gasteiger partial charge in [-0.05, 0) is 137 Å². The number of aryl methyl sites for hydroxylation is 1. The van der Waals surface area contributed by atoms with Gasteiger partial charge >= 0.3 is 0 Å². The van der Waals surface area contributed by atoms with Gasteiger partial charge in [0.1, 0.15) is 11.4 Å². The number of hydrogen-bond acceptors (Lipinski definition) is 7. The zero-order valence-corrected chi connectivity index (χ0v) is 35.1. The minimum Gasteiger partial charge on any atom is -0.490 e. The first-order valence-electron chi connectivity index (χ1n) is 20.4. The Hall–Kier alpha value is -2.56. The van der Waals surface area contributed by atoms with E-state index in [1.807, 2.05) is 32.2 Å². The van der Waals surface area contributed by atoms with E-state index in [9.17, 15) is 9.00 Å². The minimum absolute atomic E-state index is 0.0306. The van der Waals surface area contributed by atoms with E-state index in [-0.39, 0.29) is 28.0 Å². The van der Waals surface area contributed by atoms with E-state index in [1.165, 1.54) is 11.1 Å². The number of carbonyl (C=O) groups is 1. The van der Waals surface area contributed by atoms with Crippen LogP contribution in [-0.4, -0.2) is 102 Å². The molecule has 2 aliphatic carbocycles. The first-order chi connectivity index (χ1) is 25.7. The lowest BCUT2D eigenvalue weighted by Crippen LogP contribution is -2.63. The molecule has 1 N–H and O–H groups in total. The highest BCUT2D eigenvalue weighted by molar-refractivity contribution is 7.99. The maximum Gasteiger partial charge on any atom is 0.262 e. The number of methoxy groups -OCH3 is 1. The van der Waals surface area contributed by atoms with Gasteiger partial charge in [0.15, 0.2) is 0 Å². The summed E-state index contributed by atoms with van der Waals surface area (Å²) in [7, 11) is -1.05. The molecule has 2 aromatic carbocycles. The van der Waals surface area contributed by atoms with Crippen molar-refractivity contribution < 1.29 is 18.5 Å². The first kappa shape index (κ1) is 39.7. The lowest BCUT2D eigenvalue weighted by atomic mass is 9.63. The number of benzene rings is 2.